The Hall–Kier alpha value is -1.83. The molecular weight excluding hydrogens is 314 g/mol. The number of nitrogens with zero attached hydrogens (tertiary/aromatic N) is 2. The van der Waals surface area contributed by atoms with Crippen molar-refractivity contribution in [3.8, 4) is 0 Å². The van der Waals surface area contributed by atoms with Crippen LogP contribution in [0.5, 0.6) is 0 Å². The maximum Gasteiger partial charge on any atom is 0.410 e. The van der Waals surface area contributed by atoms with Crippen molar-refractivity contribution in [3.05, 3.63) is 0 Å². The van der Waals surface area contributed by atoms with Crippen LogP contribution in [0.4, 0.5) is 4.79 Å². The predicted molar refractivity (Wildman–Crippen MR) is 88.7 cm³/mol. The van der Waals surface area contributed by atoms with Crippen LogP contribution in [0.15, 0.2) is 0 Å². The van der Waals surface area contributed by atoms with Crippen molar-refractivity contribution >= 4 is 18.0 Å². The summed E-state index contributed by atoms with van der Waals surface area (Å²) in [5.74, 6) is -1.26. The number of carbonyl (C=O) groups is 3. The van der Waals surface area contributed by atoms with Crippen LogP contribution in [0.3, 0.4) is 0 Å². The first kappa shape index (κ1) is 20.2. The van der Waals surface area contributed by atoms with E-state index in [1.165, 1.54) is 4.90 Å². The van der Waals surface area contributed by atoms with Crippen LogP contribution in [0.1, 0.15) is 40.0 Å². The zero-order valence-corrected chi connectivity index (χ0v) is 15.2. The summed E-state index contributed by atoms with van der Waals surface area (Å²) in [5.41, 5.74) is -0.573. The quantitative estimate of drug-likeness (QED) is 0.679. The lowest BCUT2D eigenvalue weighted by atomic mass is 10.1. The number of ether oxygens (including phenoxy) is 1. The van der Waals surface area contributed by atoms with Crippen LogP contribution in [0.2, 0.25) is 0 Å². The second-order valence-electron chi connectivity index (χ2n) is 7.10. The zero-order chi connectivity index (χ0) is 18.5. The van der Waals surface area contributed by atoms with E-state index < -0.39 is 23.7 Å². The monoisotopic (exact) mass is 343 g/mol. The summed E-state index contributed by atoms with van der Waals surface area (Å²) in [6, 6.07) is -0.621. The predicted octanol–water partition coefficient (Wildman–Crippen LogP) is 0.907. The Balaban J connectivity index is 2.61. The Bertz CT molecular complexity index is 471. The molecule has 0 radical (unpaired) electrons. The molecule has 1 rings (SSSR count). The van der Waals surface area contributed by atoms with Gasteiger partial charge in [0.2, 0.25) is 5.91 Å². The number of hydrogen-bond donors (Lipinski definition) is 2. The third-order valence-corrected chi connectivity index (χ3v) is 3.68. The number of carbonyl (C=O) groups excluding carboxylic acids is 2. The highest BCUT2D eigenvalue weighted by Gasteiger charge is 2.36. The minimum Gasteiger partial charge on any atom is -0.481 e. The molecule has 1 fully saturated rings. The Labute approximate surface area is 143 Å². The van der Waals surface area contributed by atoms with Crippen LogP contribution < -0.4 is 5.32 Å². The number of aliphatic carboxylic acids is 1. The van der Waals surface area contributed by atoms with Gasteiger partial charge in [0.1, 0.15) is 5.60 Å². The van der Waals surface area contributed by atoms with Gasteiger partial charge in [-0.3, -0.25) is 9.59 Å². The van der Waals surface area contributed by atoms with E-state index in [1.807, 2.05) is 0 Å². The summed E-state index contributed by atoms with van der Waals surface area (Å²) < 4.78 is 5.28. The first-order chi connectivity index (χ1) is 11.0. The molecule has 0 unspecified atom stereocenters. The standard InChI is InChI=1S/C16H29N3O5/c1-16(2,3)24-15(23)18(5)8-9-19(11-6-7-11)14(22)12(17-4)10-13(20)21/h11-12,17H,6-10H2,1-5H3,(H,20,21)/t12-/m0/s1. The third-order valence-electron chi connectivity index (χ3n) is 3.68. The van der Waals surface area contributed by atoms with Gasteiger partial charge in [-0.1, -0.05) is 0 Å². The van der Waals surface area contributed by atoms with E-state index in [1.54, 1.807) is 39.8 Å². The molecule has 0 aromatic heterocycles. The van der Waals surface area contributed by atoms with E-state index in [0.29, 0.717) is 13.1 Å². The minimum atomic E-state index is -1.02. The number of amides is 2. The first-order valence-electron chi connectivity index (χ1n) is 8.18. The normalized spacial score (nSPS) is 15.5. The van der Waals surface area contributed by atoms with Crippen molar-refractivity contribution in [2.24, 2.45) is 0 Å². The highest BCUT2D eigenvalue weighted by atomic mass is 16.6. The Morgan fingerprint density at radius 3 is 2.25 bits per heavy atom. The molecule has 138 valence electrons. The molecule has 0 aliphatic heterocycles. The van der Waals surface area contributed by atoms with Crippen LogP contribution in [-0.2, 0) is 14.3 Å². The lowest BCUT2D eigenvalue weighted by Crippen LogP contribution is -2.49. The molecule has 0 bridgehead atoms. The molecule has 0 saturated heterocycles. The molecule has 1 aliphatic carbocycles. The van der Waals surface area contributed by atoms with Gasteiger partial charge >= 0.3 is 12.1 Å². The van der Waals surface area contributed by atoms with Gasteiger partial charge < -0.3 is 25.0 Å². The molecule has 1 aliphatic rings. The summed E-state index contributed by atoms with van der Waals surface area (Å²) in [6.45, 7) is 6.07. The van der Waals surface area contributed by atoms with E-state index in [0.717, 1.165) is 12.8 Å². The summed E-state index contributed by atoms with van der Waals surface area (Å²) in [6.07, 6.45) is 1.11. The lowest BCUT2D eigenvalue weighted by molar-refractivity contribution is -0.143. The summed E-state index contributed by atoms with van der Waals surface area (Å²) in [5, 5.41) is 11.7. The molecule has 0 aromatic rings. The third kappa shape index (κ3) is 6.74. The molecule has 1 atom stereocenters. The van der Waals surface area contributed by atoms with Gasteiger partial charge in [-0.05, 0) is 40.7 Å². The molecule has 24 heavy (non-hydrogen) atoms. The number of nitrogens with one attached hydrogen (secondary N) is 1. The Kier molecular flexibility index (Phi) is 7.01. The average Bonchev–Trinajstić information content (AvgIpc) is 3.27. The van der Waals surface area contributed by atoms with E-state index in [-0.39, 0.29) is 18.4 Å². The second kappa shape index (κ2) is 8.32. The van der Waals surface area contributed by atoms with Gasteiger partial charge in [-0.2, -0.15) is 0 Å². The van der Waals surface area contributed by atoms with Gasteiger partial charge in [0.05, 0.1) is 12.5 Å². The fourth-order valence-electron chi connectivity index (χ4n) is 2.24. The van der Waals surface area contributed by atoms with Gasteiger partial charge in [0, 0.05) is 26.2 Å². The zero-order valence-electron chi connectivity index (χ0n) is 15.2. The number of carboxylic acids is 1. The number of rotatable bonds is 8. The molecular formula is C16H29N3O5. The molecule has 2 N–H and O–H groups in total. The van der Waals surface area contributed by atoms with Crippen LogP contribution in [0.25, 0.3) is 0 Å². The molecule has 0 aromatic carbocycles. The van der Waals surface area contributed by atoms with E-state index in [2.05, 4.69) is 5.32 Å². The fraction of sp³-hybridized carbons (Fsp3) is 0.812. The molecule has 8 nitrogen and oxygen atoms in total. The highest BCUT2D eigenvalue weighted by molar-refractivity contribution is 5.86. The Morgan fingerprint density at radius 2 is 1.83 bits per heavy atom. The summed E-state index contributed by atoms with van der Waals surface area (Å²) in [7, 11) is 3.19. The number of hydrogen-bond acceptors (Lipinski definition) is 5. The smallest absolute Gasteiger partial charge is 0.410 e. The topological polar surface area (TPSA) is 99.2 Å². The Morgan fingerprint density at radius 1 is 1.25 bits per heavy atom. The van der Waals surface area contributed by atoms with Crippen LogP contribution in [-0.4, -0.2) is 77.7 Å². The maximum atomic E-state index is 12.6. The minimum absolute atomic E-state index is 0.134. The van der Waals surface area contributed by atoms with E-state index in [9.17, 15) is 14.4 Å². The molecule has 1 saturated carbocycles. The molecule has 0 spiro atoms. The maximum absolute atomic E-state index is 12.6. The van der Waals surface area contributed by atoms with Crippen LogP contribution in [0, 0.1) is 0 Å². The van der Waals surface area contributed by atoms with Gasteiger partial charge in [-0.25, -0.2) is 4.79 Å². The fourth-order valence-corrected chi connectivity index (χ4v) is 2.24. The van der Waals surface area contributed by atoms with Gasteiger partial charge in [0.15, 0.2) is 0 Å². The average molecular weight is 343 g/mol. The van der Waals surface area contributed by atoms with Gasteiger partial charge in [0.25, 0.3) is 0 Å². The van der Waals surface area contributed by atoms with Crippen LogP contribution >= 0.6 is 0 Å². The number of carboxylic acid groups (broad SMARTS) is 1. The van der Waals surface area contributed by atoms with E-state index in [4.69, 9.17) is 9.84 Å². The molecule has 0 heterocycles. The number of likely N-dealkylation sites (N-methyl/N-ethyl adjacent to an activating group) is 2. The van der Waals surface area contributed by atoms with E-state index >= 15 is 0 Å². The second-order valence-corrected chi connectivity index (χ2v) is 7.10. The summed E-state index contributed by atoms with van der Waals surface area (Å²) in [4.78, 5) is 38.5. The van der Waals surface area contributed by atoms with Crippen molar-refractivity contribution in [1.82, 2.24) is 15.1 Å². The highest BCUT2D eigenvalue weighted by Crippen LogP contribution is 2.27. The molecule has 8 heteroatoms. The van der Waals surface area contributed by atoms with Crippen molar-refractivity contribution in [3.63, 3.8) is 0 Å². The van der Waals surface area contributed by atoms with Crippen molar-refractivity contribution < 1.29 is 24.2 Å². The van der Waals surface area contributed by atoms with Gasteiger partial charge in [-0.15, -0.1) is 0 Å². The largest absolute Gasteiger partial charge is 0.481 e. The molecule has 2 amide bonds. The van der Waals surface area contributed by atoms with Crippen molar-refractivity contribution in [2.75, 3.05) is 27.2 Å². The lowest BCUT2D eigenvalue weighted by Gasteiger charge is -2.29. The first-order valence-corrected chi connectivity index (χ1v) is 8.18. The van der Waals surface area contributed by atoms with Crippen molar-refractivity contribution in [2.45, 2.75) is 57.7 Å². The van der Waals surface area contributed by atoms with Crippen molar-refractivity contribution in [1.29, 1.82) is 0 Å². The summed E-state index contributed by atoms with van der Waals surface area (Å²) >= 11 is 0. The SMILES string of the molecule is CN[C@@H](CC(=O)O)C(=O)N(CCN(C)C(=O)OC(C)(C)C)C1CC1.